The van der Waals surface area contributed by atoms with Gasteiger partial charge in [-0.25, -0.2) is 9.37 Å². The Bertz CT molecular complexity index is 785. The Kier molecular flexibility index (Phi) is 2.95. The molecule has 1 aromatic heterocycles. The first-order chi connectivity index (χ1) is 9.08. The lowest BCUT2D eigenvalue weighted by Crippen LogP contribution is -2.00. The van der Waals surface area contributed by atoms with Crippen LogP contribution < -0.4 is 5.73 Å². The van der Waals surface area contributed by atoms with E-state index < -0.39 is 5.82 Å². The average molecular weight is 341 g/mol. The highest BCUT2D eigenvalue weighted by molar-refractivity contribution is 9.10. The third kappa shape index (κ3) is 1.99. The van der Waals surface area contributed by atoms with E-state index in [0.717, 1.165) is 10.2 Å². The molecule has 0 radical (unpaired) electrons. The predicted octanol–water partition coefficient (Wildman–Crippen LogP) is 4.16. The highest BCUT2D eigenvalue weighted by Gasteiger charge is 2.13. The number of halogens is 3. The second kappa shape index (κ2) is 4.51. The van der Waals surface area contributed by atoms with Crippen LogP contribution in [0, 0.1) is 5.82 Å². The van der Waals surface area contributed by atoms with Gasteiger partial charge in [0.05, 0.1) is 16.2 Å². The smallest absolute Gasteiger partial charge is 0.206 e. The molecule has 2 N–H and O–H groups in total. The topological polar surface area (TPSA) is 43.8 Å². The summed E-state index contributed by atoms with van der Waals surface area (Å²) in [6, 6.07) is 10.1. The third-order valence-corrected chi connectivity index (χ3v) is 4.06. The van der Waals surface area contributed by atoms with E-state index in [2.05, 4.69) is 20.9 Å². The van der Waals surface area contributed by atoms with Crippen molar-refractivity contribution >= 4 is 44.5 Å². The maximum atomic E-state index is 13.7. The summed E-state index contributed by atoms with van der Waals surface area (Å²) in [5.41, 5.74) is 7.46. The van der Waals surface area contributed by atoms with Gasteiger partial charge in [0.1, 0.15) is 5.52 Å². The normalized spacial score (nSPS) is 11.1. The van der Waals surface area contributed by atoms with Crippen molar-refractivity contribution in [2.45, 2.75) is 0 Å². The Morgan fingerprint density at radius 3 is 2.79 bits per heavy atom. The number of imidazole rings is 1. The van der Waals surface area contributed by atoms with E-state index >= 15 is 0 Å². The van der Waals surface area contributed by atoms with Crippen molar-refractivity contribution in [3.05, 3.63) is 51.7 Å². The molecular formula is C13H8BrClFN3. The number of para-hydroxylation sites is 1. The van der Waals surface area contributed by atoms with E-state index in [0.29, 0.717) is 10.5 Å². The highest BCUT2D eigenvalue weighted by atomic mass is 79.9. The van der Waals surface area contributed by atoms with Crippen LogP contribution in [0.5, 0.6) is 0 Å². The minimum Gasteiger partial charge on any atom is -0.369 e. The molecule has 0 atom stereocenters. The highest BCUT2D eigenvalue weighted by Crippen LogP contribution is 2.29. The van der Waals surface area contributed by atoms with Crippen LogP contribution in [0.1, 0.15) is 0 Å². The zero-order valence-corrected chi connectivity index (χ0v) is 11.9. The Morgan fingerprint density at radius 1 is 1.26 bits per heavy atom. The summed E-state index contributed by atoms with van der Waals surface area (Å²) in [4.78, 5) is 4.05. The fourth-order valence-electron chi connectivity index (χ4n) is 1.98. The number of benzene rings is 2. The SMILES string of the molecule is Nc1nc2c(F)cccc2n1-c1ccc(Br)c(Cl)c1. The Morgan fingerprint density at radius 2 is 2.05 bits per heavy atom. The molecule has 19 heavy (non-hydrogen) atoms. The maximum absolute atomic E-state index is 13.7. The molecule has 1 heterocycles. The molecule has 0 amide bonds. The van der Waals surface area contributed by atoms with Crippen molar-refractivity contribution in [3.63, 3.8) is 0 Å². The van der Waals surface area contributed by atoms with Crippen LogP contribution in [-0.4, -0.2) is 9.55 Å². The minimum absolute atomic E-state index is 0.221. The molecule has 0 bridgehead atoms. The Balaban J connectivity index is 2.33. The molecule has 0 aliphatic heterocycles. The largest absolute Gasteiger partial charge is 0.369 e. The van der Waals surface area contributed by atoms with Crippen LogP contribution >= 0.6 is 27.5 Å². The van der Waals surface area contributed by atoms with Gasteiger partial charge >= 0.3 is 0 Å². The van der Waals surface area contributed by atoms with Gasteiger partial charge < -0.3 is 5.73 Å². The van der Waals surface area contributed by atoms with Gasteiger partial charge in [0.25, 0.3) is 0 Å². The summed E-state index contributed by atoms with van der Waals surface area (Å²) >= 11 is 9.39. The number of rotatable bonds is 1. The number of fused-ring (bicyclic) bond motifs is 1. The lowest BCUT2D eigenvalue weighted by atomic mass is 10.2. The molecule has 3 nitrogen and oxygen atoms in total. The summed E-state index contributed by atoms with van der Waals surface area (Å²) in [6.45, 7) is 0. The lowest BCUT2D eigenvalue weighted by molar-refractivity contribution is 0.637. The van der Waals surface area contributed by atoms with Gasteiger partial charge in [0, 0.05) is 4.47 Å². The van der Waals surface area contributed by atoms with Crippen molar-refractivity contribution in [3.8, 4) is 5.69 Å². The predicted molar refractivity (Wildman–Crippen MR) is 78.2 cm³/mol. The molecule has 2 aromatic carbocycles. The molecule has 0 aliphatic carbocycles. The fourth-order valence-corrected chi connectivity index (χ4v) is 2.40. The van der Waals surface area contributed by atoms with E-state index in [1.807, 2.05) is 12.1 Å². The van der Waals surface area contributed by atoms with Crippen LogP contribution in [0.15, 0.2) is 40.9 Å². The Labute approximate surface area is 121 Å². The first-order valence-corrected chi connectivity index (χ1v) is 6.63. The molecule has 0 saturated carbocycles. The molecule has 3 aromatic rings. The van der Waals surface area contributed by atoms with Crippen LogP contribution in [-0.2, 0) is 0 Å². The summed E-state index contributed by atoms with van der Waals surface area (Å²) < 4.78 is 16.1. The second-order valence-corrected chi connectivity index (χ2v) is 5.27. The van der Waals surface area contributed by atoms with Crippen LogP contribution in [0.25, 0.3) is 16.7 Å². The van der Waals surface area contributed by atoms with Crippen molar-refractivity contribution in [2.75, 3.05) is 5.73 Å². The maximum Gasteiger partial charge on any atom is 0.206 e. The first-order valence-electron chi connectivity index (χ1n) is 5.46. The van der Waals surface area contributed by atoms with Crippen molar-refractivity contribution in [2.24, 2.45) is 0 Å². The van der Waals surface area contributed by atoms with Gasteiger partial charge in [-0.15, -0.1) is 0 Å². The number of nitrogens with zero attached hydrogens (tertiary/aromatic N) is 2. The summed E-state index contributed by atoms with van der Waals surface area (Å²) in [5, 5.41) is 0.551. The van der Waals surface area contributed by atoms with E-state index in [-0.39, 0.29) is 11.5 Å². The number of anilines is 1. The molecule has 6 heteroatoms. The van der Waals surface area contributed by atoms with Crippen molar-refractivity contribution < 1.29 is 4.39 Å². The molecule has 0 fully saturated rings. The zero-order chi connectivity index (χ0) is 13.6. The number of nitrogens with two attached hydrogens (primary N) is 1. The molecule has 0 spiro atoms. The van der Waals surface area contributed by atoms with Gasteiger partial charge in [-0.1, -0.05) is 17.7 Å². The van der Waals surface area contributed by atoms with Gasteiger partial charge in [0.2, 0.25) is 5.95 Å². The van der Waals surface area contributed by atoms with Crippen molar-refractivity contribution in [1.29, 1.82) is 0 Å². The number of hydrogen-bond donors (Lipinski definition) is 1. The van der Waals surface area contributed by atoms with Gasteiger partial charge in [0.15, 0.2) is 5.82 Å². The summed E-state index contributed by atoms with van der Waals surface area (Å²) in [7, 11) is 0. The van der Waals surface area contributed by atoms with Gasteiger partial charge in [-0.2, -0.15) is 0 Å². The molecule has 0 unspecified atom stereocenters. The molecule has 3 rings (SSSR count). The Hall–Kier alpha value is -1.59. The van der Waals surface area contributed by atoms with Crippen LogP contribution in [0.4, 0.5) is 10.3 Å². The molecule has 0 saturated heterocycles. The first kappa shape index (κ1) is 12.4. The molecule has 96 valence electrons. The van der Waals surface area contributed by atoms with E-state index in [4.69, 9.17) is 17.3 Å². The van der Waals surface area contributed by atoms with E-state index in [1.54, 1.807) is 22.8 Å². The standard InChI is InChI=1S/C13H8BrClFN3/c14-8-5-4-7(6-9(8)15)19-11-3-1-2-10(16)12(11)18-13(19)17/h1-6H,(H2,17,18). The van der Waals surface area contributed by atoms with Crippen LogP contribution in [0.3, 0.4) is 0 Å². The number of aromatic nitrogens is 2. The average Bonchev–Trinajstić information content (AvgIpc) is 2.71. The van der Waals surface area contributed by atoms with Gasteiger partial charge in [-0.3, -0.25) is 4.57 Å². The van der Waals surface area contributed by atoms with Gasteiger partial charge in [-0.05, 0) is 46.3 Å². The quantitative estimate of drug-likeness (QED) is 0.723. The minimum atomic E-state index is -0.397. The zero-order valence-electron chi connectivity index (χ0n) is 9.57. The third-order valence-electron chi connectivity index (χ3n) is 2.82. The molecular weight excluding hydrogens is 333 g/mol. The summed E-state index contributed by atoms with van der Waals surface area (Å²) in [6.07, 6.45) is 0. The second-order valence-electron chi connectivity index (χ2n) is 4.01. The number of hydrogen-bond acceptors (Lipinski definition) is 2. The number of nitrogen functional groups attached to an aromatic ring is 1. The monoisotopic (exact) mass is 339 g/mol. The molecule has 0 aliphatic rings. The lowest BCUT2D eigenvalue weighted by Gasteiger charge is -2.07. The van der Waals surface area contributed by atoms with Crippen LogP contribution in [0.2, 0.25) is 5.02 Å². The summed E-state index contributed by atoms with van der Waals surface area (Å²) in [5.74, 6) is -0.176. The van der Waals surface area contributed by atoms with E-state index in [9.17, 15) is 4.39 Å². The van der Waals surface area contributed by atoms with Crippen molar-refractivity contribution in [1.82, 2.24) is 9.55 Å². The van der Waals surface area contributed by atoms with E-state index in [1.165, 1.54) is 6.07 Å². The fraction of sp³-hybridized carbons (Fsp3) is 0.